The molecule has 1 aliphatic heterocycles. The van der Waals surface area contributed by atoms with Gasteiger partial charge in [0.25, 0.3) is 0 Å². The van der Waals surface area contributed by atoms with E-state index in [9.17, 15) is 9.90 Å². The molecule has 0 atom stereocenters. The maximum absolute atomic E-state index is 12.0. The molecule has 1 aromatic heterocycles. The Hall–Kier alpha value is -1.70. The number of rotatable bonds is 5. The number of hydrogen-bond acceptors (Lipinski definition) is 5. The third kappa shape index (κ3) is 3.31. The highest BCUT2D eigenvalue weighted by atomic mass is 79.9. The van der Waals surface area contributed by atoms with E-state index in [1.807, 2.05) is 18.2 Å². The van der Waals surface area contributed by atoms with Crippen LogP contribution in [-0.2, 0) is 11.3 Å². The van der Waals surface area contributed by atoms with Crippen molar-refractivity contribution < 1.29 is 9.84 Å². The molecule has 0 unspecified atom stereocenters. The van der Waals surface area contributed by atoms with E-state index in [4.69, 9.17) is 4.74 Å². The van der Waals surface area contributed by atoms with Gasteiger partial charge in [-0.05, 0) is 30.7 Å². The number of aliphatic imine (C=N–C) groups is 1. The standard InChI is InChI=1S/C16H15BrN2O3S/c1-22-6-2-5-19-15(20)14(23-16(19)21)7-10-9-18-13-4-3-11(17)8-12(10)13/h3-4,7-9,20H,2,5-6H2,1H3. The summed E-state index contributed by atoms with van der Waals surface area (Å²) >= 11 is 4.48. The summed E-state index contributed by atoms with van der Waals surface area (Å²) < 4.78 is 7.32. The number of ether oxygens (including phenoxy) is 1. The molecule has 2 heterocycles. The van der Waals surface area contributed by atoms with Crippen LogP contribution in [0.4, 0.5) is 5.69 Å². The van der Waals surface area contributed by atoms with Gasteiger partial charge in [0.2, 0.25) is 5.88 Å². The van der Waals surface area contributed by atoms with Gasteiger partial charge in [0.1, 0.15) is 0 Å². The second-order valence-corrected chi connectivity index (χ2v) is 6.98. The lowest BCUT2D eigenvalue weighted by atomic mass is 10.1. The largest absolute Gasteiger partial charge is 0.493 e. The first-order chi connectivity index (χ1) is 11.1. The van der Waals surface area contributed by atoms with Crippen LogP contribution in [0.2, 0.25) is 0 Å². The summed E-state index contributed by atoms with van der Waals surface area (Å²) in [6.07, 6.45) is 4.22. The van der Waals surface area contributed by atoms with E-state index in [0.717, 1.165) is 32.6 Å². The minimum absolute atomic E-state index is 0.000417. The van der Waals surface area contributed by atoms with E-state index >= 15 is 0 Å². The number of aromatic hydroxyl groups is 1. The Balaban J connectivity index is 1.93. The topological polar surface area (TPSA) is 63.8 Å². The van der Waals surface area contributed by atoms with Crippen molar-refractivity contribution in [2.45, 2.75) is 13.0 Å². The molecule has 0 bridgehead atoms. The number of nitrogens with zero attached hydrogens (tertiary/aromatic N) is 2. The number of hydrogen-bond donors (Lipinski definition) is 1. The number of allylic oxidation sites excluding steroid dienone is 1. The summed E-state index contributed by atoms with van der Waals surface area (Å²) in [5.74, 6) is 0.000417. The number of benzene rings is 1. The van der Waals surface area contributed by atoms with Gasteiger partial charge in [-0.1, -0.05) is 27.3 Å². The Morgan fingerprint density at radius 1 is 1.48 bits per heavy atom. The third-order valence-corrected chi connectivity index (χ3v) is 4.93. The SMILES string of the molecule is COCCCn1c(O)c(C=C2C=Nc3ccc(Br)cc32)sc1=O. The minimum atomic E-state index is -0.171. The highest BCUT2D eigenvalue weighted by molar-refractivity contribution is 9.10. The highest BCUT2D eigenvalue weighted by Gasteiger charge is 2.16. The van der Waals surface area contributed by atoms with E-state index in [1.54, 1.807) is 19.4 Å². The normalized spacial score (nSPS) is 14.6. The van der Waals surface area contributed by atoms with Crippen molar-refractivity contribution in [3.8, 4) is 5.88 Å². The molecule has 0 aliphatic carbocycles. The van der Waals surface area contributed by atoms with Crippen molar-refractivity contribution in [2.75, 3.05) is 13.7 Å². The van der Waals surface area contributed by atoms with Gasteiger partial charge >= 0.3 is 4.87 Å². The molecule has 2 aromatic rings. The Bertz CT molecular complexity index is 851. The van der Waals surface area contributed by atoms with Crippen LogP contribution in [0.1, 0.15) is 16.9 Å². The predicted octanol–water partition coefficient (Wildman–Crippen LogP) is 3.67. The average Bonchev–Trinajstić information content (AvgIpc) is 3.03. The Labute approximate surface area is 145 Å². The summed E-state index contributed by atoms with van der Waals surface area (Å²) in [4.78, 5) is 16.8. The zero-order valence-electron chi connectivity index (χ0n) is 12.5. The van der Waals surface area contributed by atoms with Crippen LogP contribution in [0.5, 0.6) is 5.88 Å². The molecule has 1 aliphatic rings. The monoisotopic (exact) mass is 394 g/mol. The first-order valence-corrected chi connectivity index (χ1v) is 8.68. The fourth-order valence-corrected chi connectivity index (χ4v) is 3.61. The maximum Gasteiger partial charge on any atom is 0.310 e. The van der Waals surface area contributed by atoms with Gasteiger partial charge in [-0.15, -0.1) is 0 Å². The van der Waals surface area contributed by atoms with E-state index in [0.29, 0.717) is 24.4 Å². The zero-order valence-corrected chi connectivity index (χ0v) is 14.9. The van der Waals surface area contributed by atoms with Crippen molar-refractivity contribution in [3.05, 3.63) is 42.8 Å². The highest BCUT2D eigenvalue weighted by Crippen LogP contribution is 2.36. The van der Waals surface area contributed by atoms with Crippen molar-refractivity contribution in [1.82, 2.24) is 4.57 Å². The summed E-state index contributed by atoms with van der Waals surface area (Å²) in [6.45, 7) is 0.987. The number of methoxy groups -OCH3 is 1. The number of thiazole rings is 1. The summed E-state index contributed by atoms with van der Waals surface area (Å²) in [6, 6.07) is 5.83. The number of aromatic nitrogens is 1. The molecule has 1 aromatic carbocycles. The molecular formula is C16H15BrN2O3S. The van der Waals surface area contributed by atoms with Crippen molar-refractivity contribution in [2.24, 2.45) is 4.99 Å². The second-order valence-electron chi connectivity index (χ2n) is 5.07. The Morgan fingerprint density at radius 2 is 2.30 bits per heavy atom. The molecule has 0 amide bonds. The van der Waals surface area contributed by atoms with E-state index < -0.39 is 0 Å². The van der Waals surface area contributed by atoms with Gasteiger partial charge in [0.05, 0.1) is 10.6 Å². The zero-order chi connectivity index (χ0) is 16.4. The smallest absolute Gasteiger partial charge is 0.310 e. The van der Waals surface area contributed by atoms with Crippen LogP contribution in [0.3, 0.4) is 0 Å². The van der Waals surface area contributed by atoms with Gasteiger partial charge in [-0.3, -0.25) is 14.4 Å². The molecule has 3 rings (SSSR count). The van der Waals surface area contributed by atoms with Gasteiger partial charge in [-0.25, -0.2) is 0 Å². The molecule has 0 saturated heterocycles. The van der Waals surface area contributed by atoms with E-state index in [-0.39, 0.29) is 10.8 Å². The van der Waals surface area contributed by atoms with Crippen molar-refractivity contribution in [3.63, 3.8) is 0 Å². The van der Waals surface area contributed by atoms with Crippen molar-refractivity contribution in [1.29, 1.82) is 0 Å². The molecule has 5 nitrogen and oxygen atoms in total. The predicted molar refractivity (Wildman–Crippen MR) is 96.9 cm³/mol. The van der Waals surface area contributed by atoms with Crippen LogP contribution in [-0.4, -0.2) is 29.6 Å². The fourth-order valence-electron chi connectivity index (χ4n) is 2.39. The fraction of sp³-hybridized carbons (Fsp3) is 0.250. The lowest BCUT2D eigenvalue weighted by Crippen LogP contribution is -2.13. The summed E-state index contributed by atoms with van der Waals surface area (Å²) in [7, 11) is 1.61. The van der Waals surface area contributed by atoms with Gasteiger partial charge in [0, 0.05) is 42.1 Å². The minimum Gasteiger partial charge on any atom is -0.493 e. The van der Waals surface area contributed by atoms with E-state index in [1.165, 1.54) is 4.57 Å². The molecule has 0 radical (unpaired) electrons. The molecule has 120 valence electrons. The molecular weight excluding hydrogens is 380 g/mol. The van der Waals surface area contributed by atoms with Crippen LogP contribution in [0, 0.1) is 0 Å². The van der Waals surface area contributed by atoms with E-state index in [2.05, 4.69) is 20.9 Å². The lowest BCUT2D eigenvalue weighted by Gasteiger charge is -2.03. The molecule has 7 heteroatoms. The first-order valence-electron chi connectivity index (χ1n) is 7.07. The van der Waals surface area contributed by atoms with Gasteiger partial charge in [0.15, 0.2) is 0 Å². The van der Waals surface area contributed by atoms with Crippen LogP contribution >= 0.6 is 27.3 Å². The molecule has 0 saturated carbocycles. The van der Waals surface area contributed by atoms with Crippen LogP contribution in [0.25, 0.3) is 11.6 Å². The third-order valence-electron chi connectivity index (χ3n) is 3.52. The van der Waals surface area contributed by atoms with Gasteiger partial charge in [-0.2, -0.15) is 0 Å². The summed E-state index contributed by atoms with van der Waals surface area (Å²) in [5, 5.41) is 10.3. The summed E-state index contributed by atoms with van der Waals surface area (Å²) in [5.41, 5.74) is 2.73. The van der Waals surface area contributed by atoms with Gasteiger partial charge < -0.3 is 9.84 Å². The number of halogens is 1. The first kappa shape index (κ1) is 16.2. The number of fused-ring (bicyclic) bond motifs is 1. The Morgan fingerprint density at radius 3 is 3.09 bits per heavy atom. The van der Waals surface area contributed by atoms with Crippen molar-refractivity contribution >= 4 is 50.8 Å². The molecule has 23 heavy (non-hydrogen) atoms. The molecule has 1 N–H and O–H groups in total. The van der Waals surface area contributed by atoms with Crippen LogP contribution < -0.4 is 4.87 Å². The Kier molecular flexibility index (Phi) is 4.79. The average molecular weight is 395 g/mol. The lowest BCUT2D eigenvalue weighted by molar-refractivity contribution is 0.189. The van der Waals surface area contributed by atoms with Crippen LogP contribution in [0.15, 0.2) is 32.5 Å². The second kappa shape index (κ2) is 6.82. The quantitative estimate of drug-likeness (QED) is 0.786. The molecule has 0 fully saturated rings. The maximum atomic E-state index is 12.0. The molecule has 0 spiro atoms.